The number of nitrogens with zero attached hydrogens (tertiary/aromatic N) is 1. The predicted octanol–water partition coefficient (Wildman–Crippen LogP) is 5.14. The monoisotopic (exact) mass is 400 g/mol. The summed E-state index contributed by atoms with van der Waals surface area (Å²) in [6.45, 7) is 3.98. The molecule has 0 saturated carbocycles. The molecule has 0 aliphatic carbocycles. The van der Waals surface area contributed by atoms with Gasteiger partial charge < -0.3 is 15.0 Å². The van der Waals surface area contributed by atoms with Crippen LogP contribution in [0.3, 0.4) is 0 Å². The molecule has 1 heterocycles. The number of carbonyl (C=O) groups excluding carboxylic acids is 1. The minimum Gasteiger partial charge on any atom is -0.497 e. The molecule has 0 saturated heterocycles. The van der Waals surface area contributed by atoms with Crippen LogP contribution in [0.25, 0.3) is 0 Å². The van der Waals surface area contributed by atoms with Gasteiger partial charge in [-0.05, 0) is 59.9 Å². The number of methoxy groups -OCH3 is 1. The maximum atomic E-state index is 12.8. The minimum atomic E-state index is -0.0456. The van der Waals surface area contributed by atoms with Crippen LogP contribution in [-0.4, -0.2) is 19.6 Å². The summed E-state index contributed by atoms with van der Waals surface area (Å²) in [4.78, 5) is 15.2. The number of para-hydroxylation sites is 1. The Bertz CT molecular complexity index is 996. The number of hydrogen-bond acceptors (Lipinski definition) is 3. The summed E-state index contributed by atoms with van der Waals surface area (Å²) in [6, 6.07) is 24.4. The number of anilines is 1. The molecule has 0 unspecified atom stereocenters. The molecule has 1 amide bonds. The zero-order valence-corrected chi connectivity index (χ0v) is 17.6. The van der Waals surface area contributed by atoms with E-state index in [2.05, 4.69) is 53.5 Å². The van der Waals surface area contributed by atoms with Crippen molar-refractivity contribution in [1.29, 1.82) is 0 Å². The second kappa shape index (κ2) is 9.04. The highest BCUT2D eigenvalue weighted by atomic mass is 16.5. The van der Waals surface area contributed by atoms with Crippen LogP contribution in [0.1, 0.15) is 46.4 Å². The lowest BCUT2D eigenvalue weighted by Crippen LogP contribution is -2.28. The first-order chi connectivity index (χ1) is 14.7. The van der Waals surface area contributed by atoms with E-state index in [0.29, 0.717) is 5.56 Å². The van der Waals surface area contributed by atoms with Gasteiger partial charge in [-0.2, -0.15) is 0 Å². The summed E-state index contributed by atoms with van der Waals surface area (Å²) in [5.41, 5.74) is 5.72. The highest BCUT2D eigenvalue weighted by Gasteiger charge is 2.19. The summed E-state index contributed by atoms with van der Waals surface area (Å²) in [7, 11) is 1.65. The summed E-state index contributed by atoms with van der Waals surface area (Å²) in [5.74, 6) is 0.770. The largest absolute Gasteiger partial charge is 0.497 e. The van der Waals surface area contributed by atoms with E-state index in [1.807, 2.05) is 36.4 Å². The Kier molecular flexibility index (Phi) is 6.03. The Labute approximate surface area is 178 Å². The van der Waals surface area contributed by atoms with Crippen molar-refractivity contribution >= 4 is 11.6 Å². The van der Waals surface area contributed by atoms with E-state index in [0.717, 1.165) is 37.2 Å². The van der Waals surface area contributed by atoms with Crippen LogP contribution in [0, 0.1) is 0 Å². The van der Waals surface area contributed by atoms with Crippen LogP contribution in [0.4, 0.5) is 5.69 Å². The molecule has 3 aromatic rings. The van der Waals surface area contributed by atoms with Crippen LogP contribution in [-0.2, 0) is 13.0 Å². The van der Waals surface area contributed by atoms with Gasteiger partial charge in [0, 0.05) is 24.3 Å². The predicted molar refractivity (Wildman–Crippen MR) is 121 cm³/mol. The van der Waals surface area contributed by atoms with Crippen molar-refractivity contribution in [3.63, 3.8) is 0 Å². The van der Waals surface area contributed by atoms with Gasteiger partial charge in [0.25, 0.3) is 5.91 Å². The molecule has 4 heteroatoms. The molecule has 4 nitrogen and oxygen atoms in total. The molecule has 1 aliphatic heterocycles. The lowest BCUT2D eigenvalue weighted by Gasteiger charge is -2.20. The Morgan fingerprint density at radius 1 is 1.03 bits per heavy atom. The second-order valence-electron chi connectivity index (χ2n) is 7.70. The first-order valence-electron chi connectivity index (χ1n) is 10.5. The number of nitrogens with one attached hydrogen (secondary N) is 1. The molecule has 0 fully saturated rings. The summed E-state index contributed by atoms with van der Waals surface area (Å²) >= 11 is 0. The lowest BCUT2D eigenvalue weighted by atomic mass is 10.0. The van der Waals surface area contributed by atoms with Gasteiger partial charge in [-0.3, -0.25) is 4.79 Å². The maximum absolute atomic E-state index is 12.8. The third-order valence-electron chi connectivity index (χ3n) is 5.80. The smallest absolute Gasteiger partial charge is 0.251 e. The van der Waals surface area contributed by atoms with Crippen LogP contribution in [0.2, 0.25) is 0 Å². The van der Waals surface area contributed by atoms with Gasteiger partial charge in [0.15, 0.2) is 0 Å². The number of benzene rings is 3. The van der Waals surface area contributed by atoms with E-state index in [1.54, 1.807) is 7.11 Å². The zero-order valence-electron chi connectivity index (χ0n) is 17.6. The maximum Gasteiger partial charge on any atom is 0.251 e. The van der Waals surface area contributed by atoms with Crippen molar-refractivity contribution in [2.45, 2.75) is 32.4 Å². The van der Waals surface area contributed by atoms with Crippen LogP contribution < -0.4 is 15.0 Å². The fourth-order valence-electron chi connectivity index (χ4n) is 4.05. The molecule has 1 N–H and O–H groups in total. The van der Waals surface area contributed by atoms with Gasteiger partial charge >= 0.3 is 0 Å². The first kappa shape index (κ1) is 20.0. The highest BCUT2D eigenvalue weighted by Crippen LogP contribution is 2.29. The van der Waals surface area contributed by atoms with E-state index in [9.17, 15) is 4.79 Å². The van der Waals surface area contributed by atoms with E-state index in [-0.39, 0.29) is 11.9 Å². The van der Waals surface area contributed by atoms with Gasteiger partial charge in [0.05, 0.1) is 13.2 Å². The van der Waals surface area contributed by atoms with Gasteiger partial charge in [-0.15, -0.1) is 0 Å². The molecular weight excluding hydrogens is 372 g/mol. The molecule has 0 spiro atoms. The number of hydrogen-bond donors (Lipinski definition) is 1. The number of carbonyl (C=O) groups is 1. The average Bonchev–Trinajstić information content (AvgIpc) is 3.21. The zero-order chi connectivity index (χ0) is 20.9. The van der Waals surface area contributed by atoms with Crippen molar-refractivity contribution in [3.8, 4) is 5.75 Å². The number of ether oxygens (including phenoxy) is 1. The fourth-order valence-corrected chi connectivity index (χ4v) is 4.05. The van der Waals surface area contributed by atoms with Crippen LogP contribution >= 0.6 is 0 Å². The van der Waals surface area contributed by atoms with E-state index < -0.39 is 0 Å². The molecule has 0 radical (unpaired) electrons. The van der Waals surface area contributed by atoms with Crippen molar-refractivity contribution in [2.24, 2.45) is 0 Å². The molecule has 154 valence electrons. The van der Waals surface area contributed by atoms with Crippen molar-refractivity contribution in [3.05, 3.63) is 95.1 Å². The molecule has 30 heavy (non-hydrogen) atoms. The van der Waals surface area contributed by atoms with E-state index in [4.69, 9.17) is 4.74 Å². The number of amides is 1. The van der Waals surface area contributed by atoms with Crippen molar-refractivity contribution in [2.75, 3.05) is 18.6 Å². The molecular formula is C26H28N2O2. The van der Waals surface area contributed by atoms with Crippen LogP contribution in [0.5, 0.6) is 5.75 Å². The minimum absolute atomic E-state index is 0.0239. The molecule has 0 aromatic heterocycles. The number of rotatable bonds is 7. The molecule has 1 aliphatic rings. The van der Waals surface area contributed by atoms with Gasteiger partial charge in [0.2, 0.25) is 0 Å². The van der Waals surface area contributed by atoms with Gasteiger partial charge in [-0.1, -0.05) is 49.4 Å². The average molecular weight is 401 g/mol. The molecule has 3 aromatic carbocycles. The van der Waals surface area contributed by atoms with Crippen molar-refractivity contribution in [1.82, 2.24) is 5.32 Å². The SMILES string of the molecule is CC[C@@H](NC(=O)c1ccc(CN2CCc3ccccc32)cc1)c1ccc(OC)cc1. The van der Waals surface area contributed by atoms with Gasteiger partial charge in [-0.25, -0.2) is 0 Å². The standard InChI is InChI=1S/C26H28N2O2/c1-3-24(20-12-14-23(30-2)15-13-20)27-26(29)22-10-8-19(9-11-22)18-28-17-16-21-6-4-5-7-25(21)28/h4-15,24H,3,16-18H2,1-2H3,(H,27,29)/t24-/m1/s1. The first-order valence-corrected chi connectivity index (χ1v) is 10.5. The van der Waals surface area contributed by atoms with E-state index in [1.165, 1.54) is 16.8 Å². The summed E-state index contributed by atoms with van der Waals surface area (Å²) < 4.78 is 5.22. The third kappa shape index (κ3) is 4.33. The highest BCUT2D eigenvalue weighted by molar-refractivity contribution is 5.94. The topological polar surface area (TPSA) is 41.6 Å². The van der Waals surface area contributed by atoms with Gasteiger partial charge in [0.1, 0.15) is 5.75 Å². The van der Waals surface area contributed by atoms with Crippen LogP contribution in [0.15, 0.2) is 72.8 Å². The molecule has 0 bridgehead atoms. The number of fused-ring (bicyclic) bond motifs is 1. The molecule has 4 rings (SSSR count). The quantitative estimate of drug-likeness (QED) is 0.597. The van der Waals surface area contributed by atoms with E-state index >= 15 is 0 Å². The lowest BCUT2D eigenvalue weighted by molar-refractivity contribution is 0.0935. The Balaban J connectivity index is 1.40. The Hall–Kier alpha value is -3.27. The van der Waals surface area contributed by atoms with Crippen molar-refractivity contribution < 1.29 is 9.53 Å². The molecule has 1 atom stereocenters. The fraction of sp³-hybridized carbons (Fsp3) is 0.269. The summed E-state index contributed by atoms with van der Waals surface area (Å²) in [5, 5.41) is 3.15. The normalized spacial score (nSPS) is 13.6. The Morgan fingerprint density at radius 3 is 2.47 bits per heavy atom. The second-order valence-corrected chi connectivity index (χ2v) is 7.70. The third-order valence-corrected chi connectivity index (χ3v) is 5.80. The Morgan fingerprint density at radius 2 is 1.77 bits per heavy atom. The summed E-state index contributed by atoms with van der Waals surface area (Å²) in [6.07, 6.45) is 1.92.